The van der Waals surface area contributed by atoms with Crippen LogP contribution in [0.25, 0.3) is 0 Å². The van der Waals surface area contributed by atoms with Crippen molar-refractivity contribution in [3.05, 3.63) is 0 Å². The van der Waals surface area contributed by atoms with Gasteiger partial charge in [0.2, 0.25) is 0 Å². The summed E-state index contributed by atoms with van der Waals surface area (Å²) >= 11 is 0. The molecule has 94 valence electrons. The van der Waals surface area contributed by atoms with Crippen LogP contribution < -0.4 is 5.32 Å². The van der Waals surface area contributed by atoms with Gasteiger partial charge in [0.1, 0.15) is 0 Å². The van der Waals surface area contributed by atoms with E-state index in [0.29, 0.717) is 13.0 Å². The lowest BCUT2D eigenvalue weighted by Gasteiger charge is -2.21. The molecular weight excluding hydrogens is 212 g/mol. The normalized spacial score (nSPS) is 11.9. The summed E-state index contributed by atoms with van der Waals surface area (Å²) < 4.78 is 0. The Bertz CT molecular complexity index is 233. The minimum atomic E-state index is -0.909. The Labute approximate surface area is 95.2 Å². The molecule has 0 spiro atoms. The number of aliphatic hydroxyl groups is 1. The molecule has 0 radical (unpaired) electrons. The van der Waals surface area contributed by atoms with Crippen LogP contribution in [0.2, 0.25) is 0 Å². The van der Waals surface area contributed by atoms with Gasteiger partial charge in [0.05, 0.1) is 12.5 Å². The number of urea groups is 1. The van der Waals surface area contributed by atoms with Gasteiger partial charge in [-0.05, 0) is 13.3 Å². The molecule has 0 aliphatic rings. The van der Waals surface area contributed by atoms with E-state index < -0.39 is 11.9 Å². The number of nitrogens with zero attached hydrogens (tertiary/aromatic N) is 1. The molecule has 0 saturated carbocycles. The molecular formula is C10H20N2O4. The minimum absolute atomic E-state index is 0.0998. The number of carboxylic acid groups (broad SMARTS) is 1. The van der Waals surface area contributed by atoms with Crippen LogP contribution in [-0.4, -0.2) is 53.4 Å². The number of carbonyl (C=O) groups is 2. The van der Waals surface area contributed by atoms with Gasteiger partial charge in [0.15, 0.2) is 0 Å². The number of rotatable bonds is 7. The number of hydrogen-bond donors (Lipinski definition) is 3. The smallest absolute Gasteiger partial charge is 0.317 e. The van der Waals surface area contributed by atoms with Crippen molar-refractivity contribution in [2.45, 2.75) is 20.3 Å². The minimum Gasteiger partial charge on any atom is -0.481 e. The second kappa shape index (κ2) is 7.92. The zero-order valence-corrected chi connectivity index (χ0v) is 9.77. The first-order chi connectivity index (χ1) is 7.56. The molecule has 1 atom stereocenters. The van der Waals surface area contributed by atoms with Crippen LogP contribution in [-0.2, 0) is 4.79 Å². The molecule has 0 saturated heterocycles. The maximum absolute atomic E-state index is 11.5. The third-order valence-electron chi connectivity index (χ3n) is 2.38. The summed E-state index contributed by atoms with van der Waals surface area (Å²) in [5.41, 5.74) is 0. The predicted octanol–water partition coefficient (Wildman–Crippen LogP) is 0.121. The molecule has 2 amide bonds. The quantitative estimate of drug-likeness (QED) is 0.581. The highest BCUT2D eigenvalue weighted by atomic mass is 16.4. The average Bonchev–Trinajstić information content (AvgIpc) is 2.25. The van der Waals surface area contributed by atoms with E-state index in [4.69, 9.17) is 10.2 Å². The van der Waals surface area contributed by atoms with E-state index in [1.165, 1.54) is 4.90 Å². The number of carbonyl (C=O) groups excluding carboxylic acids is 1. The summed E-state index contributed by atoms with van der Waals surface area (Å²) in [7, 11) is 0. The van der Waals surface area contributed by atoms with Crippen LogP contribution in [0.5, 0.6) is 0 Å². The van der Waals surface area contributed by atoms with Gasteiger partial charge in [-0.3, -0.25) is 4.79 Å². The van der Waals surface area contributed by atoms with Gasteiger partial charge in [0, 0.05) is 19.6 Å². The molecule has 0 bridgehead atoms. The first-order valence-electron chi connectivity index (χ1n) is 5.43. The average molecular weight is 232 g/mol. The molecule has 1 unspecified atom stereocenters. The van der Waals surface area contributed by atoms with Crippen LogP contribution in [0.1, 0.15) is 20.3 Å². The van der Waals surface area contributed by atoms with Crippen molar-refractivity contribution in [1.82, 2.24) is 10.2 Å². The van der Waals surface area contributed by atoms with Gasteiger partial charge in [0.25, 0.3) is 0 Å². The lowest BCUT2D eigenvalue weighted by atomic mass is 10.1. The molecule has 0 fully saturated rings. The number of aliphatic hydroxyl groups excluding tert-OH is 1. The Morgan fingerprint density at radius 1 is 1.38 bits per heavy atom. The lowest BCUT2D eigenvalue weighted by Crippen LogP contribution is -2.43. The third-order valence-corrected chi connectivity index (χ3v) is 2.38. The standard InChI is InChI=1S/C10H20N2O4/c1-3-8(9(14)15)7-11-10(16)12(4-2)5-6-13/h8,13H,3-7H2,1-2H3,(H,11,16)(H,14,15). The molecule has 0 heterocycles. The largest absolute Gasteiger partial charge is 0.481 e. The third kappa shape index (κ3) is 4.97. The summed E-state index contributed by atoms with van der Waals surface area (Å²) in [6.07, 6.45) is 0.474. The SMILES string of the molecule is CCC(CNC(=O)N(CC)CCO)C(=O)O. The number of likely N-dealkylation sites (N-methyl/N-ethyl adjacent to an activating group) is 1. The second-order valence-corrected chi connectivity index (χ2v) is 3.43. The Balaban J connectivity index is 4.07. The monoisotopic (exact) mass is 232 g/mol. The fourth-order valence-corrected chi connectivity index (χ4v) is 1.25. The van der Waals surface area contributed by atoms with E-state index in [1.807, 2.05) is 0 Å². The molecule has 0 rings (SSSR count). The summed E-state index contributed by atoms with van der Waals surface area (Å²) in [6, 6.07) is -0.337. The second-order valence-electron chi connectivity index (χ2n) is 3.43. The molecule has 16 heavy (non-hydrogen) atoms. The zero-order valence-electron chi connectivity index (χ0n) is 9.77. The summed E-state index contributed by atoms with van der Waals surface area (Å²) in [5.74, 6) is -1.47. The van der Waals surface area contributed by atoms with E-state index in [9.17, 15) is 9.59 Å². The summed E-state index contributed by atoms with van der Waals surface area (Å²) in [6.45, 7) is 4.31. The van der Waals surface area contributed by atoms with Crippen molar-refractivity contribution in [1.29, 1.82) is 0 Å². The number of amides is 2. The van der Waals surface area contributed by atoms with E-state index >= 15 is 0 Å². The fourth-order valence-electron chi connectivity index (χ4n) is 1.25. The molecule has 6 heteroatoms. The highest BCUT2D eigenvalue weighted by Crippen LogP contribution is 2.01. The first-order valence-corrected chi connectivity index (χ1v) is 5.43. The lowest BCUT2D eigenvalue weighted by molar-refractivity contribution is -0.141. The van der Waals surface area contributed by atoms with Crippen molar-refractivity contribution < 1.29 is 19.8 Å². The topological polar surface area (TPSA) is 89.9 Å². The van der Waals surface area contributed by atoms with Gasteiger partial charge in [-0.2, -0.15) is 0 Å². The zero-order chi connectivity index (χ0) is 12.6. The van der Waals surface area contributed by atoms with Gasteiger partial charge in [-0.25, -0.2) is 4.79 Å². The van der Waals surface area contributed by atoms with Crippen molar-refractivity contribution in [3.8, 4) is 0 Å². The van der Waals surface area contributed by atoms with E-state index in [-0.39, 0.29) is 25.7 Å². The van der Waals surface area contributed by atoms with E-state index in [1.54, 1.807) is 13.8 Å². The van der Waals surface area contributed by atoms with E-state index in [2.05, 4.69) is 5.32 Å². The van der Waals surface area contributed by atoms with Crippen molar-refractivity contribution in [2.24, 2.45) is 5.92 Å². The number of nitrogens with one attached hydrogen (secondary N) is 1. The van der Waals surface area contributed by atoms with Crippen LogP contribution >= 0.6 is 0 Å². The number of carboxylic acids is 1. The Kier molecular flexibility index (Phi) is 7.28. The Morgan fingerprint density at radius 2 is 2.00 bits per heavy atom. The molecule has 6 nitrogen and oxygen atoms in total. The number of aliphatic carboxylic acids is 1. The maximum Gasteiger partial charge on any atom is 0.317 e. The number of hydrogen-bond acceptors (Lipinski definition) is 3. The summed E-state index contributed by atoms with van der Waals surface area (Å²) in [5, 5.41) is 20.0. The van der Waals surface area contributed by atoms with E-state index in [0.717, 1.165) is 0 Å². The Hall–Kier alpha value is -1.30. The van der Waals surface area contributed by atoms with Crippen LogP contribution in [0.3, 0.4) is 0 Å². The van der Waals surface area contributed by atoms with Gasteiger partial charge in [-0.1, -0.05) is 6.92 Å². The van der Waals surface area contributed by atoms with Gasteiger partial charge >= 0.3 is 12.0 Å². The molecule has 0 aromatic carbocycles. The maximum atomic E-state index is 11.5. The fraction of sp³-hybridized carbons (Fsp3) is 0.800. The first kappa shape index (κ1) is 14.7. The summed E-state index contributed by atoms with van der Waals surface area (Å²) in [4.78, 5) is 23.6. The van der Waals surface area contributed by atoms with Crippen molar-refractivity contribution >= 4 is 12.0 Å². The van der Waals surface area contributed by atoms with Gasteiger partial charge in [-0.15, -0.1) is 0 Å². The molecule has 0 aromatic heterocycles. The highest BCUT2D eigenvalue weighted by molar-refractivity contribution is 5.76. The molecule has 0 aromatic rings. The van der Waals surface area contributed by atoms with Crippen LogP contribution in [0, 0.1) is 5.92 Å². The van der Waals surface area contributed by atoms with Crippen LogP contribution in [0.15, 0.2) is 0 Å². The van der Waals surface area contributed by atoms with Gasteiger partial charge < -0.3 is 20.4 Å². The van der Waals surface area contributed by atoms with Crippen molar-refractivity contribution in [3.63, 3.8) is 0 Å². The highest BCUT2D eigenvalue weighted by Gasteiger charge is 2.17. The van der Waals surface area contributed by atoms with Crippen molar-refractivity contribution in [2.75, 3.05) is 26.2 Å². The molecule has 3 N–H and O–H groups in total. The Morgan fingerprint density at radius 3 is 2.38 bits per heavy atom. The molecule has 0 aliphatic carbocycles. The van der Waals surface area contributed by atoms with Crippen LogP contribution in [0.4, 0.5) is 4.79 Å². The predicted molar refractivity (Wildman–Crippen MR) is 59.1 cm³/mol. The molecule has 0 aliphatic heterocycles.